The SMILES string of the molecule is O=C(Nc1ccc(OC(F)F)c(Cl)c1)c1ccc(Cn2ccccc2=O)o1. The van der Waals surface area contributed by atoms with Crippen LogP contribution in [0.5, 0.6) is 5.75 Å². The number of rotatable bonds is 6. The van der Waals surface area contributed by atoms with Gasteiger partial charge in [-0.05, 0) is 36.4 Å². The van der Waals surface area contributed by atoms with E-state index < -0.39 is 12.5 Å². The fourth-order valence-electron chi connectivity index (χ4n) is 2.31. The summed E-state index contributed by atoms with van der Waals surface area (Å²) < 4.78 is 35.6. The van der Waals surface area contributed by atoms with Crippen molar-refractivity contribution in [2.45, 2.75) is 13.2 Å². The number of carbonyl (C=O) groups excluding carboxylic acids is 1. The predicted octanol–water partition coefficient (Wildman–Crippen LogP) is 4.00. The summed E-state index contributed by atoms with van der Waals surface area (Å²) in [5.74, 6) is -0.302. The number of furan rings is 1. The lowest BCUT2D eigenvalue weighted by Crippen LogP contribution is -2.18. The minimum Gasteiger partial charge on any atom is -0.454 e. The molecule has 0 bridgehead atoms. The van der Waals surface area contributed by atoms with Gasteiger partial charge in [-0.3, -0.25) is 9.59 Å². The highest BCUT2D eigenvalue weighted by atomic mass is 35.5. The molecule has 2 heterocycles. The predicted molar refractivity (Wildman–Crippen MR) is 94.5 cm³/mol. The molecule has 1 amide bonds. The van der Waals surface area contributed by atoms with Crippen molar-refractivity contribution < 1.29 is 22.7 Å². The number of pyridine rings is 1. The molecule has 140 valence electrons. The van der Waals surface area contributed by atoms with Crippen LogP contribution in [0.2, 0.25) is 5.02 Å². The van der Waals surface area contributed by atoms with Gasteiger partial charge in [-0.25, -0.2) is 0 Å². The normalized spacial score (nSPS) is 10.8. The van der Waals surface area contributed by atoms with E-state index in [0.29, 0.717) is 5.76 Å². The zero-order chi connectivity index (χ0) is 19.4. The summed E-state index contributed by atoms with van der Waals surface area (Å²) in [6.07, 6.45) is 1.61. The average molecular weight is 395 g/mol. The molecule has 1 aromatic carbocycles. The lowest BCUT2D eigenvalue weighted by atomic mass is 10.3. The number of anilines is 1. The first-order valence-electron chi connectivity index (χ1n) is 7.72. The molecule has 0 aliphatic heterocycles. The highest BCUT2D eigenvalue weighted by Crippen LogP contribution is 2.29. The van der Waals surface area contributed by atoms with Crippen LogP contribution in [0.3, 0.4) is 0 Å². The topological polar surface area (TPSA) is 73.5 Å². The van der Waals surface area contributed by atoms with E-state index in [4.69, 9.17) is 16.0 Å². The second-order valence-electron chi connectivity index (χ2n) is 5.41. The zero-order valence-electron chi connectivity index (χ0n) is 13.7. The van der Waals surface area contributed by atoms with Crippen LogP contribution in [0, 0.1) is 0 Å². The average Bonchev–Trinajstić information content (AvgIpc) is 3.08. The third kappa shape index (κ3) is 4.73. The number of hydrogen-bond acceptors (Lipinski definition) is 4. The van der Waals surface area contributed by atoms with E-state index >= 15 is 0 Å². The number of benzene rings is 1. The van der Waals surface area contributed by atoms with E-state index in [2.05, 4.69) is 10.1 Å². The number of nitrogens with zero attached hydrogens (tertiary/aromatic N) is 1. The summed E-state index contributed by atoms with van der Waals surface area (Å²) in [5.41, 5.74) is 0.0875. The van der Waals surface area contributed by atoms with Gasteiger partial charge < -0.3 is 19.0 Å². The molecule has 0 saturated heterocycles. The second kappa shape index (κ2) is 8.05. The molecule has 0 saturated carbocycles. The largest absolute Gasteiger partial charge is 0.454 e. The van der Waals surface area contributed by atoms with Crippen molar-refractivity contribution in [1.82, 2.24) is 4.57 Å². The van der Waals surface area contributed by atoms with Gasteiger partial charge in [-0.1, -0.05) is 17.7 Å². The molecule has 6 nitrogen and oxygen atoms in total. The van der Waals surface area contributed by atoms with E-state index in [9.17, 15) is 18.4 Å². The Morgan fingerprint density at radius 3 is 2.74 bits per heavy atom. The number of nitrogens with one attached hydrogen (secondary N) is 1. The lowest BCUT2D eigenvalue weighted by molar-refractivity contribution is -0.0497. The Balaban J connectivity index is 1.68. The summed E-state index contributed by atoms with van der Waals surface area (Å²) in [7, 11) is 0. The number of alkyl halides is 2. The van der Waals surface area contributed by atoms with Crippen molar-refractivity contribution >= 4 is 23.2 Å². The van der Waals surface area contributed by atoms with E-state index in [1.54, 1.807) is 24.4 Å². The summed E-state index contributed by atoms with van der Waals surface area (Å²) in [6.45, 7) is -2.82. The Kier molecular flexibility index (Phi) is 5.56. The van der Waals surface area contributed by atoms with Crippen molar-refractivity contribution in [1.29, 1.82) is 0 Å². The molecule has 0 aliphatic carbocycles. The van der Waals surface area contributed by atoms with Crippen molar-refractivity contribution in [3.63, 3.8) is 0 Å². The first-order chi connectivity index (χ1) is 12.9. The van der Waals surface area contributed by atoms with Crippen LogP contribution in [-0.2, 0) is 6.54 Å². The Morgan fingerprint density at radius 1 is 1.22 bits per heavy atom. The van der Waals surface area contributed by atoms with Gasteiger partial charge >= 0.3 is 6.61 Å². The monoisotopic (exact) mass is 394 g/mol. The Bertz CT molecular complexity index is 1020. The van der Waals surface area contributed by atoms with Crippen molar-refractivity contribution in [3.8, 4) is 5.75 Å². The fraction of sp³-hybridized carbons (Fsp3) is 0.111. The molecular weight excluding hydrogens is 382 g/mol. The quantitative estimate of drug-likeness (QED) is 0.686. The first kappa shape index (κ1) is 18.7. The number of carbonyl (C=O) groups is 1. The number of aromatic nitrogens is 1. The summed E-state index contributed by atoms with van der Waals surface area (Å²) in [4.78, 5) is 24.0. The number of amides is 1. The third-order valence-corrected chi connectivity index (χ3v) is 3.81. The first-order valence-corrected chi connectivity index (χ1v) is 8.10. The summed E-state index contributed by atoms with van der Waals surface area (Å²) in [5, 5.41) is 2.47. The van der Waals surface area contributed by atoms with Crippen LogP contribution in [0.4, 0.5) is 14.5 Å². The van der Waals surface area contributed by atoms with E-state index in [0.717, 1.165) is 0 Å². The van der Waals surface area contributed by atoms with Gasteiger partial charge in [-0.2, -0.15) is 8.78 Å². The van der Waals surface area contributed by atoms with Crippen LogP contribution in [-0.4, -0.2) is 17.1 Å². The van der Waals surface area contributed by atoms with Gasteiger partial charge in [0.25, 0.3) is 11.5 Å². The molecule has 3 aromatic rings. The molecule has 9 heteroatoms. The standard InChI is InChI=1S/C18H13ClF2N2O4/c19-13-9-11(4-6-14(13)27-18(20)21)22-17(25)15-7-5-12(26-15)10-23-8-2-1-3-16(23)24/h1-9,18H,10H2,(H,22,25). The van der Waals surface area contributed by atoms with Crippen molar-refractivity contribution in [3.05, 3.63) is 81.6 Å². The Labute approximate surface area is 156 Å². The van der Waals surface area contributed by atoms with Crippen LogP contribution < -0.4 is 15.6 Å². The molecule has 0 radical (unpaired) electrons. The van der Waals surface area contributed by atoms with Crippen LogP contribution in [0.15, 0.2) is 63.9 Å². The maximum Gasteiger partial charge on any atom is 0.387 e. The lowest BCUT2D eigenvalue weighted by Gasteiger charge is -2.09. The Morgan fingerprint density at radius 2 is 2.04 bits per heavy atom. The molecule has 0 spiro atoms. The molecule has 27 heavy (non-hydrogen) atoms. The van der Waals surface area contributed by atoms with Crippen LogP contribution in [0.1, 0.15) is 16.3 Å². The van der Waals surface area contributed by atoms with Gasteiger partial charge in [0, 0.05) is 18.0 Å². The zero-order valence-corrected chi connectivity index (χ0v) is 14.5. The minimum atomic E-state index is -3.00. The number of hydrogen-bond donors (Lipinski definition) is 1. The van der Waals surface area contributed by atoms with Crippen molar-refractivity contribution in [2.75, 3.05) is 5.32 Å². The maximum absolute atomic E-state index is 12.3. The summed E-state index contributed by atoms with van der Waals surface area (Å²) in [6, 6.07) is 11.7. The molecule has 2 aromatic heterocycles. The fourth-order valence-corrected chi connectivity index (χ4v) is 2.53. The van der Waals surface area contributed by atoms with Gasteiger partial charge in [0.05, 0.1) is 11.6 Å². The van der Waals surface area contributed by atoms with Crippen LogP contribution >= 0.6 is 11.6 Å². The molecule has 1 N–H and O–H groups in total. The molecule has 0 atom stereocenters. The molecular formula is C18H13ClF2N2O4. The van der Waals surface area contributed by atoms with E-state index in [1.807, 2.05) is 0 Å². The molecule has 0 aliphatic rings. The third-order valence-electron chi connectivity index (χ3n) is 3.52. The smallest absolute Gasteiger partial charge is 0.387 e. The summed E-state index contributed by atoms with van der Waals surface area (Å²) >= 11 is 5.85. The van der Waals surface area contributed by atoms with Crippen LogP contribution in [0.25, 0.3) is 0 Å². The highest BCUT2D eigenvalue weighted by Gasteiger charge is 2.14. The maximum atomic E-state index is 12.3. The second-order valence-corrected chi connectivity index (χ2v) is 5.82. The molecule has 3 rings (SSSR count). The van der Waals surface area contributed by atoms with Crippen molar-refractivity contribution in [2.24, 2.45) is 0 Å². The van der Waals surface area contributed by atoms with Gasteiger partial charge in [0.1, 0.15) is 11.5 Å². The molecule has 0 fully saturated rings. The molecule has 0 unspecified atom stereocenters. The number of halogens is 3. The van der Waals surface area contributed by atoms with E-state index in [-0.39, 0.29) is 34.3 Å². The van der Waals surface area contributed by atoms with E-state index in [1.165, 1.54) is 34.9 Å². The van der Waals surface area contributed by atoms with Gasteiger partial charge in [0.2, 0.25) is 0 Å². The van der Waals surface area contributed by atoms with Gasteiger partial charge in [-0.15, -0.1) is 0 Å². The minimum absolute atomic E-state index is 0.0259. The Hall–Kier alpha value is -3.13. The highest BCUT2D eigenvalue weighted by molar-refractivity contribution is 6.32. The number of ether oxygens (including phenoxy) is 1. The van der Waals surface area contributed by atoms with Gasteiger partial charge in [0.15, 0.2) is 5.76 Å².